The van der Waals surface area contributed by atoms with Crippen LogP contribution in [0.25, 0.3) is 0 Å². The van der Waals surface area contributed by atoms with Crippen LogP contribution in [0.15, 0.2) is 0 Å². The summed E-state index contributed by atoms with van der Waals surface area (Å²) in [7, 11) is 0. The molecule has 0 spiro atoms. The molecule has 0 aliphatic carbocycles. The lowest BCUT2D eigenvalue weighted by Gasteiger charge is -2.01. The highest BCUT2D eigenvalue weighted by atomic mass is 16.4. The van der Waals surface area contributed by atoms with Gasteiger partial charge in [-0.25, -0.2) is 4.58 Å². The smallest absolute Gasteiger partial charge is 0.143 e. The Morgan fingerprint density at radius 1 is 1.05 bits per heavy atom. The van der Waals surface area contributed by atoms with E-state index in [0.29, 0.717) is 0 Å². The van der Waals surface area contributed by atoms with Crippen LogP contribution in [0.4, 0.5) is 0 Å². The normalized spacial score (nSPS) is 13.6. The summed E-state index contributed by atoms with van der Waals surface area (Å²) < 4.78 is 2.52. The van der Waals surface area contributed by atoms with Crippen molar-refractivity contribution in [2.24, 2.45) is 0 Å². The van der Waals surface area contributed by atoms with Crippen LogP contribution in [0.3, 0.4) is 0 Å². The second-order valence-electron chi connectivity index (χ2n) is 5.68. The third kappa shape index (κ3) is 15.2. The average molecular weight is 283 g/mol. The molecule has 0 aromatic carbocycles. The van der Waals surface area contributed by atoms with E-state index < -0.39 is 5.97 Å². The molecule has 0 radical (unpaired) electrons. The summed E-state index contributed by atoms with van der Waals surface area (Å²) in [5.41, 5.74) is 0. The van der Waals surface area contributed by atoms with Crippen LogP contribution in [0, 0.1) is 0 Å². The van der Waals surface area contributed by atoms with Gasteiger partial charge in [0.1, 0.15) is 19.3 Å². The summed E-state index contributed by atoms with van der Waals surface area (Å²) in [4.78, 5) is 8.89. The lowest BCUT2D eigenvalue weighted by atomic mass is 10.1. The molecule has 1 aliphatic heterocycles. The van der Waals surface area contributed by atoms with Crippen LogP contribution in [-0.2, 0) is 4.79 Å². The highest BCUT2D eigenvalue weighted by Crippen LogP contribution is 2.09. The minimum absolute atomic E-state index is 0.972. The first-order valence-corrected chi connectivity index (χ1v) is 8.41. The molecule has 0 saturated carbocycles. The quantitative estimate of drug-likeness (QED) is 0.456. The van der Waals surface area contributed by atoms with Crippen molar-refractivity contribution in [1.29, 1.82) is 0 Å². The van der Waals surface area contributed by atoms with Crippen LogP contribution in [0.5, 0.6) is 0 Å². The molecular weight excluding hydrogens is 250 g/mol. The van der Waals surface area contributed by atoms with Gasteiger partial charge in [-0.05, 0) is 13.3 Å². The summed E-state index contributed by atoms with van der Waals surface area (Å²) >= 11 is 0. The van der Waals surface area contributed by atoms with E-state index in [9.17, 15) is 0 Å². The molecule has 0 fully saturated rings. The SMILES string of the molecule is CC(=O)[O-].CCCCCCCCCCC[N+]1=CCCC1. The van der Waals surface area contributed by atoms with Gasteiger partial charge in [0.25, 0.3) is 0 Å². The Hall–Kier alpha value is -0.860. The van der Waals surface area contributed by atoms with Gasteiger partial charge >= 0.3 is 0 Å². The number of carbonyl (C=O) groups excluding carboxylic acids is 1. The van der Waals surface area contributed by atoms with Crippen molar-refractivity contribution in [3.63, 3.8) is 0 Å². The lowest BCUT2D eigenvalue weighted by Crippen LogP contribution is -2.16. The number of aliphatic carboxylic acids is 1. The molecule has 0 aromatic heterocycles. The minimum atomic E-state index is -1.08. The monoisotopic (exact) mass is 283 g/mol. The van der Waals surface area contributed by atoms with Crippen molar-refractivity contribution < 1.29 is 14.5 Å². The van der Waals surface area contributed by atoms with Gasteiger partial charge in [-0.1, -0.05) is 51.9 Å². The van der Waals surface area contributed by atoms with Gasteiger partial charge in [0.05, 0.1) is 0 Å². The van der Waals surface area contributed by atoms with E-state index in [0.717, 1.165) is 6.92 Å². The average Bonchev–Trinajstić information content (AvgIpc) is 2.89. The van der Waals surface area contributed by atoms with E-state index >= 15 is 0 Å². The molecule has 0 aromatic rings. The number of unbranched alkanes of at least 4 members (excludes halogenated alkanes) is 8. The fourth-order valence-corrected chi connectivity index (χ4v) is 2.49. The third-order valence-corrected chi connectivity index (χ3v) is 3.59. The Morgan fingerprint density at radius 2 is 1.55 bits per heavy atom. The summed E-state index contributed by atoms with van der Waals surface area (Å²) in [6.45, 7) is 5.89. The Balaban J connectivity index is 0.000000796. The van der Waals surface area contributed by atoms with Gasteiger partial charge < -0.3 is 9.90 Å². The maximum Gasteiger partial charge on any atom is 0.143 e. The molecular formula is C17H33NO2. The number of carboxylic acids is 1. The summed E-state index contributed by atoms with van der Waals surface area (Å²) in [5, 5.41) is 8.89. The molecule has 118 valence electrons. The van der Waals surface area contributed by atoms with E-state index in [2.05, 4.69) is 17.7 Å². The molecule has 0 saturated heterocycles. The molecule has 1 aliphatic rings. The van der Waals surface area contributed by atoms with Gasteiger partial charge in [-0.15, -0.1) is 0 Å². The third-order valence-electron chi connectivity index (χ3n) is 3.59. The molecule has 0 bridgehead atoms. The Kier molecular flexibility index (Phi) is 13.9. The predicted octanol–water partition coefficient (Wildman–Crippen LogP) is 3.15. The molecule has 1 heterocycles. The first-order chi connectivity index (χ1) is 9.66. The summed E-state index contributed by atoms with van der Waals surface area (Å²) in [6.07, 6.45) is 18.1. The van der Waals surface area contributed by atoms with Crippen molar-refractivity contribution in [3.8, 4) is 0 Å². The van der Waals surface area contributed by atoms with Crippen LogP contribution >= 0.6 is 0 Å². The maximum absolute atomic E-state index is 8.89. The first-order valence-electron chi connectivity index (χ1n) is 8.41. The second-order valence-corrected chi connectivity index (χ2v) is 5.68. The first kappa shape index (κ1) is 19.1. The largest absolute Gasteiger partial charge is 0.550 e. The molecule has 0 amide bonds. The zero-order valence-corrected chi connectivity index (χ0v) is 13.5. The number of hydrogen-bond acceptors (Lipinski definition) is 2. The number of nitrogens with zero attached hydrogens (tertiary/aromatic N) is 1. The maximum atomic E-state index is 8.89. The fraction of sp³-hybridized carbons (Fsp3) is 0.882. The molecule has 1 rings (SSSR count). The van der Waals surface area contributed by atoms with Gasteiger partial charge in [0, 0.05) is 25.2 Å². The molecule has 0 atom stereocenters. The van der Waals surface area contributed by atoms with Crippen LogP contribution in [-0.4, -0.2) is 29.8 Å². The number of carbonyl (C=O) groups is 1. The van der Waals surface area contributed by atoms with Gasteiger partial charge in [-0.2, -0.15) is 0 Å². The topological polar surface area (TPSA) is 43.1 Å². The standard InChI is InChI=1S/C15H30N.C2H4O2/c1-2-3-4-5-6-7-8-9-10-13-16-14-11-12-15-16;1-2(3)4/h14H,2-13,15H2,1H3;1H3,(H,3,4)/q+1;/p-1. The highest BCUT2D eigenvalue weighted by molar-refractivity contribution is 5.60. The zero-order chi connectivity index (χ0) is 15.1. The van der Waals surface area contributed by atoms with Crippen molar-refractivity contribution >= 4 is 12.2 Å². The molecule has 3 heteroatoms. The molecule has 0 unspecified atom stereocenters. The van der Waals surface area contributed by atoms with E-state index in [1.165, 1.54) is 83.7 Å². The second kappa shape index (κ2) is 14.5. The van der Waals surface area contributed by atoms with Gasteiger partial charge in [0.2, 0.25) is 0 Å². The van der Waals surface area contributed by atoms with E-state index in [1.807, 2.05) is 0 Å². The zero-order valence-electron chi connectivity index (χ0n) is 13.5. The van der Waals surface area contributed by atoms with Gasteiger partial charge in [0.15, 0.2) is 0 Å². The molecule has 3 nitrogen and oxygen atoms in total. The van der Waals surface area contributed by atoms with Crippen molar-refractivity contribution in [2.45, 2.75) is 84.5 Å². The Labute approximate surface area is 125 Å². The van der Waals surface area contributed by atoms with Crippen LogP contribution < -0.4 is 5.11 Å². The predicted molar refractivity (Wildman–Crippen MR) is 83.2 cm³/mol. The van der Waals surface area contributed by atoms with Crippen molar-refractivity contribution in [1.82, 2.24) is 0 Å². The van der Waals surface area contributed by atoms with Crippen LogP contribution in [0.2, 0.25) is 0 Å². The van der Waals surface area contributed by atoms with E-state index in [1.54, 1.807) is 0 Å². The van der Waals surface area contributed by atoms with Crippen LogP contribution in [0.1, 0.15) is 84.5 Å². The summed E-state index contributed by atoms with van der Waals surface area (Å²) in [5.74, 6) is -1.08. The van der Waals surface area contributed by atoms with E-state index in [4.69, 9.17) is 9.90 Å². The van der Waals surface area contributed by atoms with E-state index in [-0.39, 0.29) is 0 Å². The Morgan fingerprint density at radius 3 is 2.00 bits per heavy atom. The fourth-order valence-electron chi connectivity index (χ4n) is 2.49. The minimum Gasteiger partial charge on any atom is -0.550 e. The number of hydrogen-bond donors (Lipinski definition) is 0. The van der Waals surface area contributed by atoms with Crippen molar-refractivity contribution in [2.75, 3.05) is 13.1 Å². The molecule has 20 heavy (non-hydrogen) atoms. The highest BCUT2D eigenvalue weighted by Gasteiger charge is 2.09. The lowest BCUT2D eigenvalue weighted by molar-refractivity contribution is -0.516. The van der Waals surface area contributed by atoms with Crippen molar-refractivity contribution in [3.05, 3.63) is 0 Å². The molecule has 0 N–H and O–H groups in total. The number of carboxylic acid groups (broad SMARTS) is 1. The van der Waals surface area contributed by atoms with Gasteiger partial charge in [-0.3, -0.25) is 0 Å². The number of rotatable bonds is 10. The summed E-state index contributed by atoms with van der Waals surface area (Å²) in [6, 6.07) is 0. The Bertz CT molecular complexity index is 258.